The van der Waals surface area contributed by atoms with Crippen molar-refractivity contribution >= 4 is 21.9 Å². The number of rotatable bonds is 3. The molecule has 0 bridgehead atoms. The molecule has 0 aliphatic rings. The lowest BCUT2D eigenvalue weighted by atomic mass is 10.1. The summed E-state index contributed by atoms with van der Waals surface area (Å²) >= 11 is 2.50. The van der Waals surface area contributed by atoms with Crippen LogP contribution in [0, 0.1) is 0 Å². The number of carbonyl (C=O) groups excluding carboxylic acids is 1. The molecule has 0 amide bonds. The van der Waals surface area contributed by atoms with Crippen molar-refractivity contribution in [3.05, 3.63) is 27.5 Å². The van der Waals surface area contributed by atoms with E-state index in [1.807, 2.05) is 0 Å². The van der Waals surface area contributed by atoms with Gasteiger partial charge in [0.05, 0.1) is 19.1 Å². The first kappa shape index (κ1) is 15.8. The van der Waals surface area contributed by atoms with E-state index in [4.69, 9.17) is 0 Å². The quantitative estimate of drug-likeness (QED) is 0.477. The average Bonchev–Trinajstić information content (AvgIpc) is 2.25. The summed E-state index contributed by atoms with van der Waals surface area (Å²) in [6, 6.07) is 0.551. The summed E-state index contributed by atoms with van der Waals surface area (Å²) < 4.78 is 66.8. The standard InChI is InChI=1S/C10H7BrF5NO2/c1-19-6(18)3-4-2-5(9(12)13)17-8(11)7(4)10(14,15)16/h2,9H,3H2,1H3. The zero-order valence-electron chi connectivity index (χ0n) is 9.39. The smallest absolute Gasteiger partial charge is 0.419 e. The normalized spacial score (nSPS) is 11.8. The Bertz CT molecular complexity index is 490. The molecule has 19 heavy (non-hydrogen) atoms. The van der Waals surface area contributed by atoms with Gasteiger partial charge in [-0.25, -0.2) is 13.8 Å². The van der Waals surface area contributed by atoms with E-state index in [1.165, 1.54) is 0 Å². The SMILES string of the molecule is COC(=O)Cc1cc(C(F)F)nc(Br)c1C(F)(F)F. The number of pyridine rings is 1. The number of nitrogens with zero attached hydrogens (tertiary/aromatic N) is 1. The fourth-order valence-corrected chi connectivity index (χ4v) is 2.05. The number of hydrogen-bond acceptors (Lipinski definition) is 3. The summed E-state index contributed by atoms with van der Waals surface area (Å²) in [5, 5.41) is 0. The molecule has 0 radical (unpaired) electrons. The minimum Gasteiger partial charge on any atom is -0.469 e. The number of aromatic nitrogens is 1. The fourth-order valence-electron chi connectivity index (χ4n) is 1.36. The van der Waals surface area contributed by atoms with Crippen LogP contribution in [0.4, 0.5) is 22.0 Å². The van der Waals surface area contributed by atoms with Gasteiger partial charge in [-0.05, 0) is 27.6 Å². The Kier molecular flexibility index (Phi) is 4.83. The van der Waals surface area contributed by atoms with Crippen LogP contribution in [0.1, 0.15) is 23.2 Å². The van der Waals surface area contributed by atoms with E-state index in [0.717, 1.165) is 7.11 Å². The average molecular weight is 348 g/mol. The molecule has 0 N–H and O–H groups in total. The van der Waals surface area contributed by atoms with Crippen molar-refractivity contribution < 1.29 is 31.5 Å². The molecule has 1 rings (SSSR count). The van der Waals surface area contributed by atoms with Crippen molar-refractivity contribution in [1.29, 1.82) is 0 Å². The van der Waals surface area contributed by atoms with Crippen LogP contribution in [0.5, 0.6) is 0 Å². The monoisotopic (exact) mass is 347 g/mol. The summed E-state index contributed by atoms with van der Waals surface area (Å²) in [6.07, 6.45) is -8.64. The second-order valence-corrected chi connectivity index (χ2v) is 4.17. The first-order chi connectivity index (χ1) is 8.66. The molecule has 3 nitrogen and oxygen atoms in total. The van der Waals surface area contributed by atoms with E-state index in [2.05, 4.69) is 25.7 Å². The Labute approximate surface area is 112 Å². The number of carbonyl (C=O) groups is 1. The second-order valence-electron chi connectivity index (χ2n) is 3.42. The van der Waals surface area contributed by atoms with Gasteiger partial charge in [-0.15, -0.1) is 0 Å². The van der Waals surface area contributed by atoms with E-state index < -0.39 is 46.4 Å². The summed E-state index contributed by atoms with van der Waals surface area (Å²) in [6.45, 7) is 0. The molecule has 0 fully saturated rings. The Hall–Kier alpha value is -1.25. The first-order valence-electron chi connectivity index (χ1n) is 4.78. The highest BCUT2D eigenvalue weighted by atomic mass is 79.9. The number of hydrogen-bond donors (Lipinski definition) is 0. The van der Waals surface area contributed by atoms with Crippen LogP contribution in [0.25, 0.3) is 0 Å². The van der Waals surface area contributed by atoms with Gasteiger partial charge in [0.25, 0.3) is 6.43 Å². The van der Waals surface area contributed by atoms with E-state index in [9.17, 15) is 26.7 Å². The minimum atomic E-state index is -4.82. The molecule has 1 aromatic rings. The molecule has 1 heterocycles. The highest BCUT2D eigenvalue weighted by Crippen LogP contribution is 2.38. The van der Waals surface area contributed by atoms with Gasteiger partial charge in [-0.3, -0.25) is 4.79 Å². The summed E-state index contributed by atoms with van der Waals surface area (Å²) in [4.78, 5) is 14.2. The van der Waals surface area contributed by atoms with Crippen LogP contribution < -0.4 is 0 Å². The van der Waals surface area contributed by atoms with Gasteiger partial charge in [0.2, 0.25) is 0 Å². The molecule has 0 aromatic carbocycles. The summed E-state index contributed by atoms with van der Waals surface area (Å²) in [5.74, 6) is -0.969. The third-order valence-corrected chi connectivity index (χ3v) is 2.72. The zero-order valence-corrected chi connectivity index (χ0v) is 11.0. The molecule has 0 spiro atoms. The Morgan fingerprint density at radius 1 is 1.47 bits per heavy atom. The van der Waals surface area contributed by atoms with E-state index in [0.29, 0.717) is 6.07 Å². The maximum Gasteiger partial charge on any atom is 0.419 e. The first-order valence-corrected chi connectivity index (χ1v) is 5.57. The maximum absolute atomic E-state index is 12.8. The van der Waals surface area contributed by atoms with Crippen molar-refractivity contribution in [3.8, 4) is 0 Å². The second kappa shape index (κ2) is 5.81. The fraction of sp³-hybridized carbons (Fsp3) is 0.400. The van der Waals surface area contributed by atoms with Crippen LogP contribution in [-0.2, 0) is 22.1 Å². The summed E-state index contributed by atoms with van der Waals surface area (Å²) in [5.41, 5.74) is -2.72. The van der Waals surface area contributed by atoms with E-state index >= 15 is 0 Å². The van der Waals surface area contributed by atoms with Crippen molar-refractivity contribution in [2.24, 2.45) is 0 Å². The summed E-state index contributed by atoms with van der Waals surface area (Å²) in [7, 11) is 0.986. The van der Waals surface area contributed by atoms with E-state index in [-0.39, 0.29) is 0 Å². The molecule has 0 atom stereocenters. The van der Waals surface area contributed by atoms with Crippen LogP contribution in [-0.4, -0.2) is 18.1 Å². The van der Waals surface area contributed by atoms with Crippen LogP contribution in [0.15, 0.2) is 10.7 Å². The lowest BCUT2D eigenvalue weighted by Gasteiger charge is -2.15. The lowest BCUT2D eigenvalue weighted by molar-refractivity contribution is -0.142. The number of halogens is 6. The van der Waals surface area contributed by atoms with Gasteiger partial charge in [0.15, 0.2) is 0 Å². The van der Waals surface area contributed by atoms with Crippen molar-refractivity contribution in [1.82, 2.24) is 4.98 Å². The lowest BCUT2D eigenvalue weighted by Crippen LogP contribution is -2.16. The van der Waals surface area contributed by atoms with Gasteiger partial charge >= 0.3 is 12.1 Å². The molecule has 0 unspecified atom stereocenters. The van der Waals surface area contributed by atoms with Crippen molar-refractivity contribution in [2.45, 2.75) is 19.0 Å². The third-order valence-electron chi connectivity index (χ3n) is 2.15. The van der Waals surface area contributed by atoms with Gasteiger partial charge in [0.1, 0.15) is 10.3 Å². The molecular weight excluding hydrogens is 341 g/mol. The van der Waals surface area contributed by atoms with Gasteiger partial charge in [0, 0.05) is 0 Å². The molecule has 106 valence electrons. The van der Waals surface area contributed by atoms with E-state index in [1.54, 1.807) is 0 Å². The molecule has 9 heteroatoms. The zero-order chi connectivity index (χ0) is 14.8. The topological polar surface area (TPSA) is 39.2 Å². The van der Waals surface area contributed by atoms with Crippen LogP contribution in [0.2, 0.25) is 0 Å². The number of methoxy groups -OCH3 is 1. The predicted molar refractivity (Wildman–Crippen MR) is 57.6 cm³/mol. The molecule has 0 aliphatic carbocycles. The van der Waals surface area contributed by atoms with Gasteiger partial charge < -0.3 is 4.74 Å². The number of ether oxygens (including phenoxy) is 1. The largest absolute Gasteiger partial charge is 0.469 e. The van der Waals surface area contributed by atoms with Crippen LogP contribution in [0.3, 0.4) is 0 Å². The molecule has 0 saturated carbocycles. The Morgan fingerprint density at radius 3 is 2.47 bits per heavy atom. The van der Waals surface area contributed by atoms with Gasteiger partial charge in [-0.1, -0.05) is 0 Å². The molecule has 0 aliphatic heterocycles. The van der Waals surface area contributed by atoms with Gasteiger partial charge in [-0.2, -0.15) is 13.2 Å². The van der Waals surface area contributed by atoms with Crippen molar-refractivity contribution in [2.75, 3.05) is 7.11 Å². The molecular formula is C10H7BrF5NO2. The predicted octanol–water partition coefficient (Wildman–Crippen LogP) is 3.52. The maximum atomic E-state index is 12.8. The highest BCUT2D eigenvalue weighted by molar-refractivity contribution is 9.10. The number of alkyl halides is 5. The molecule has 1 aromatic heterocycles. The minimum absolute atomic E-state index is 0.551. The molecule has 0 saturated heterocycles. The number of esters is 1. The Morgan fingerprint density at radius 2 is 2.05 bits per heavy atom. The van der Waals surface area contributed by atoms with Crippen molar-refractivity contribution in [3.63, 3.8) is 0 Å². The highest BCUT2D eigenvalue weighted by Gasteiger charge is 2.38. The third kappa shape index (κ3) is 3.85. The van der Waals surface area contributed by atoms with Crippen LogP contribution >= 0.6 is 15.9 Å². The Balaban J connectivity index is 3.40.